The summed E-state index contributed by atoms with van der Waals surface area (Å²) in [6.07, 6.45) is 0. The summed E-state index contributed by atoms with van der Waals surface area (Å²) >= 11 is 1.84. The second-order valence-corrected chi connectivity index (χ2v) is 6.75. The molecule has 1 aliphatic heterocycles. The summed E-state index contributed by atoms with van der Waals surface area (Å²) in [5, 5.41) is 3.51. The number of para-hydroxylation sites is 1. The summed E-state index contributed by atoms with van der Waals surface area (Å²) in [6.45, 7) is 5.81. The predicted molar refractivity (Wildman–Crippen MR) is 91.6 cm³/mol. The van der Waals surface area contributed by atoms with Crippen LogP contribution < -0.4 is 0 Å². The van der Waals surface area contributed by atoms with Gasteiger partial charge in [0.25, 0.3) is 0 Å². The second-order valence-electron chi connectivity index (χ2n) is 5.78. The lowest BCUT2D eigenvalue weighted by Gasteiger charge is -2.34. The molecule has 114 valence electrons. The van der Waals surface area contributed by atoms with E-state index in [1.807, 2.05) is 11.3 Å². The van der Waals surface area contributed by atoms with Crippen LogP contribution in [0.15, 0.2) is 41.8 Å². The standard InChI is InChI=1S/C18H20N2OS/c1-13-17(14-5-2-3-6-15(14)19-13)18(16-7-4-12-22-16)20-8-10-21-11-9-20/h2-7,12,18-19H,8-11H2,1H3. The van der Waals surface area contributed by atoms with Crippen LogP contribution in [0.25, 0.3) is 10.9 Å². The van der Waals surface area contributed by atoms with E-state index in [-0.39, 0.29) is 0 Å². The zero-order valence-corrected chi connectivity index (χ0v) is 13.5. The molecule has 0 amide bonds. The number of hydrogen-bond donors (Lipinski definition) is 1. The zero-order chi connectivity index (χ0) is 14.9. The fraction of sp³-hybridized carbons (Fsp3) is 0.333. The van der Waals surface area contributed by atoms with Gasteiger partial charge in [-0.25, -0.2) is 0 Å². The maximum absolute atomic E-state index is 5.56. The molecule has 1 fully saturated rings. The molecular formula is C18H20N2OS. The van der Waals surface area contributed by atoms with Gasteiger partial charge in [0, 0.05) is 40.1 Å². The van der Waals surface area contributed by atoms with Crippen molar-refractivity contribution in [3.63, 3.8) is 0 Å². The number of thiophene rings is 1. The number of fused-ring (bicyclic) bond motifs is 1. The Morgan fingerprint density at radius 2 is 1.95 bits per heavy atom. The van der Waals surface area contributed by atoms with E-state index in [1.54, 1.807) is 0 Å². The van der Waals surface area contributed by atoms with Crippen LogP contribution >= 0.6 is 11.3 Å². The molecule has 1 saturated heterocycles. The Bertz CT molecular complexity index is 757. The minimum Gasteiger partial charge on any atom is -0.379 e. The third-order valence-corrected chi connectivity index (χ3v) is 5.37. The van der Waals surface area contributed by atoms with Crippen LogP contribution in [0.2, 0.25) is 0 Å². The predicted octanol–water partition coefficient (Wildman–Crippen LogP) is 3.96. The van der Waals surface area contributed by atoms with Crippen molar-refractivity contribution in [3.05, 3.63) is 57.9 Å². The fourth-order valence-electron chi connectivity index (χ4n) is 3.44. The molecule has 1 unspecified atom stereocenters. The largest absolute Gasteiger partial charge is 0.379 e. The van der Waals surface area contributed by atoms with Crippen molar-refractivity contribution in [2.75, 3.05) is 26.3 Å². The molecule has 0 bridgehead atoms. The van der Waals surface area contributed by atoms with Gasteiger partial charge in [-0.3, -0.25) is 4.90 Å². The number of aromatic amines is 1. The lowest BCUT2D eigenvalue weighted by atomic mass is 9.99. The van der Waals surface area contributed by atoms with Gasteiger partial charge in [-0.15, -0.1) is 11.3 Å². The number of hydrogen-bond acceptors (Lipinski definition) is 3. The van der Waals surface area contributed by atoms with Gasteiger partial charge in [0.05, 0.1) is 19.3 Å². The number of morpholine rings is 1. The molecule has 4 heteroatoms. The van der Waals surface area contributed by atoms with Gasteiger partial charge >= 0.3 is 0 Å². The summed E-state index contributed by atoms with van der Waals surface area (Å²) in [6, 6.07) is 13.3. The maximum atomic E-state index is 5.56. The van der Waals surface area contributed by atoms with Gasteiger partial charge in [0.15, 0.2) is 0 Å². The second kappa shape index (κ2) is 5.88. The molecule has 2 aromatic heterocycles. The number of ether oxygens (including phenoxy) is 1. The van der Waals surface area contributed by atoms with Crippen molar-refractivity contribution in [1.82, 2.24) is 9.88 Å². The van der Waals surface area contributed by atoms with Gasteiger partial charge in [-0.2, -0.15) is 0 Å². The highest BCUT2D eigenvalue weighted by molar-refractivity contribution is 7.10. The zero-order valence-electron chi connectivity index (χ0n) is 12.7. The summed E-state index contributed by atoms with van der Waals surface area (Å²) in [5.41, 5.74) is 3.91. The van der Waals surface area contributed by atoms with Crippen LogP contribution in [0.5, 0.6) is 0 Å². The van der Waals surface area contributed by atoms with Gasteiger partial charge < -0.3 is 9.72 Å². The van der Waals surface area contributed by atoms with Crippen molar-refractivity contribution < 1.29 is 4.74 Å². The molecule has 1 N–H and O–H groups in total. The SMILES string of the molecule is Cc1[nH]c2ccccc2c1C(c1cccs1)N1CCOCC1. The number of aryl methyl sites for hydroxylation is 1. The van der Waals surface area contributed by atoms with Gasteiger partial charge in [-0.05, 0) is 24.4 Å². The number of aromatic nitrogens is 1. The molecule has 3 nitrogen and oxygen atoms in total. The van der Waals surface area contributed by atoms with E-state index in [4.69, 9.17) is 4.74 Å². The molecule has 0 spiro atoms. The lowest BCUT2D eigenvalue weighted by Crippen LogP contribution is -2.39. The summed E-state index contributed by atoms with van der Waals surface area (Å²) in [7, 11) is 0. The number of nitrogens with zero attached hydrogens (tertiary/aromatic N) is 1. The van der Waals surface area contributed by atoms with Crippen molar-refractivity contribution >= 4 is 22.2 Å². The molecule has 22 heavy (non-hydrogen) atoms. The normalized spacial score (nSPS) is 17.9. The number of nitrogens with one attached hydrogen (secondary N) is 1. The number of rotatable bonds is 3. The number of H-pyrrole nitrogens is 1. The Labute approximate surface area is 134 Å². The van der Waals surface area contributed by atoms with Crippen molar-refractivity contribution in [2.45, 2.75) is 13.0 Å². The summed E-state index contributed by atoms with van der Waals surface area (Å²) < 4.78 is 5.56. The van der Waals surface area contributed by atoms with E-state index in [0.29, 0.717) is 6.04 Å². The average molecular weight is 312 g/mol. The van der Waals surface area contributed by atoms with E-state index >= 15 is 0 Å². The van der Waals surface area contributed by atoms with Crippen LogP contribution in [0.1, 0.15) is 22.2 Å². The molecule has 0 saturated carbocycles. The van der Waals surface area contributed by atoms with Crippen LogP contribution in [-0.2, 0) is 4.74 Å². The van der Waals surface area contributed by atoms with E-state index in [9.17, 15) is 0 Å². The van der Waals surface area contributed by atoms with Crippen molar-refractivity contribution in [3.8, 4) is 0 Å². The highest BCUT2D eigenvalue weighted by atomic mass is 32.1. The minimum absolute atomic E-state index is 0.319. The Morgan fingerprint density at radius 3 is 2.73 bits per heavy atom. The van der Waals surface area contributed by atoms with Crippen LogP contribution in [0.3, 0.4) is 0 Å². The van der Waals surface area contributed by atoms with Gasteiger partial charge in [0.1, 0.15) is 0 Å². The Hall–Kier alpha value is -1.62. The smallest absolute Gasteiger partial charge is 0.0721 e. The molecule has 0 radical (unpaired) electrons. The van der Waals surface area contributed by atoms with Gasteiger partial charge in [0.2, 0.25) is 0 Å². The van der Waals surface area contributed by atoms with Crippen LogP contribution in [0.4, 0.5) is 0 Å². The first kappa shape index (κ1) is 14.0. The maximum Gasteiger partial charge on any atom is 0.0721 e. The molecule has 1 aromatic carbocycles. The monoisotopic (exact) mass is 312 g/mol. The molecular weight excluding hydrogens is 292 g/mol. The fourth-order valence-corrected chi connectivity index (χ4v) is 4.31. The van der Waals surface area contributed by atoms with E-state index in [2.05, 4.69) is 58.6 Å². The molecule has 1 atom stereocenters. The summed E-state index contributed by atoms with van der Waals surface area (Å²) in [5.74, 6) is 0. The highest BCUT2D eigenvalue weighted by Gasteiger charge is 2.28. The third kappa shape index (κ3) is 2.37. The molecule has 3 aromatic rings. The summed E-state index contributed by atoms with van der Waals surface area (Å²) in [4.78, 5) is 7.52. The Kier molecular flexibility index (Phi) is 3.74. The lowest BCUT2D eigenvalue weighted by molar-refractivity contribution is 0.0247. The highest BCUT2D eigenvalue weighted by Crippen LogP contribution is 2.38. The quantitative estimate of drug-likeness (QED) is 0.793. The minimum atomic E-state index is 0.319. The van der Waals surface area contributed by atoms with E-state index < -0.39 is 0 Å². The Morgan fingerprint density at radius 1 is 1.14 bits per heavy atom. The molecule has 3 heterocycles. The van der Waals surface area contributed by atoms with Crippen molar-refractivity contribution in [2.24, 2.45) is 0 Å². The number of benzene rings is 1. The topological polar surface area (TPSA) is 28.3 Å². The van der Waals surface area contributed by atoms with Crippen LogP contribution in [-0.4, -0.2) is 36.2 Å². The first-order valence-corrected chi connectivity index (χ1v) is 8.65. The van der Waals surface area contributed by atoms with E-state index in [0.717, 1.165) is 26.3 Å². The Balaban J connectivity index is 1.87. The first-order valence-electron chi connectivity index (χ1n) is 7.77. The molecule has 1 aliphatic rings. The van der Waals surface area contributed by atoms with Crippen molar-refractivity contribution in [1.29, 1.82) is 0 Å². The molecule has 0 aliphatic carbocycles. The average Bonchev–Trinajstić information content (AvgIpc) is 3.18. The van der Waals surface area contributed by atoms with Gasteiger partial charge in [-0.1, -0.05) is 24.3 Å². The first-order chi connectivity index (χ1) is 10.8. The molecule has 4 rings (SSSR count). The van der Waals surface area contributed by atoms with E-state index in [1.165, 1.54) is 27.0 Å². The van der Waals surface area contributed by atoms with Crippen LogP contribution in [0, 0.1) is 6.92 Å². The third-order valence-electron chi connectivity index (χ3n) is 4.44.